The molecule has 0 saturated carbocycles. The molecule has 25 heavy (non-hydrogen) atoms. The Bertz CT molecular complexity index is 746. The fourth-order valence-electron chi connectivity index (χ4n) is 2.06. The zero-order valence-corrected chi connectivity index (χ0v) is 14.9. The molecule has 132 valence electrons. The maximum absolute atomic E-state index is 12.0. The van der Waals surface area contributed by atoms with Gasteiger partial charge in [-0.25, -0.2) is 4.98 Å². The van der Waals surface area contributed by atoms with E-state index in [0.717, 1.165) is 5.56 Å². The van der Waals surface area contributed by atoms with E-state index >= 15 is 0 Å². The van der Waals surface area contributed by atoms with Crippen molar-refractivity contribution in [2.24, 2.45) is 0 Å². The fourth-order valence-corrected chi connectivity index (χ4v) is 2.70. The second-order valence-electron chi connectivity index (χ2n) is 5.50. The highest BCUT2D eigenvalue weighted by molar-refractivity contribution is 7.12. The Morgan fingerprint density at radius 3 is 2.76 bits per heavy atom. The summed E-state index contributed by atoms with van der Waals surface area (Å²) in [7, 11) is 1.55. The summed E-state index contributed by atoms with van der Waals surface area (Å²) < 4.78 is 0. The lowest BCUT2D eigenvalue weighted by Crippen LogP contribution is -2.37. The molecule has 2 aromatic heterocycles. The number of thiophene rings is 1. The second kappa shape index (κ2) is 8.93. The van der Waals surface area contributed by atoms with Crippen molar-refractivity contribution >= 4 is 34.9 Å². The molecule has 0 aromatic carbocycles. The van der Waals surface area contributed by atoms with Gasteiger partial charge in [-0.3, -0.25) is 14.4 Å². The lowest BCUT2D eigenvalue weighted by Gasteiger charge is -2.16. The van der Waals surface area contributed by atoms with Crippen LogP contribution < -0.4 is 10.6 Å². The van der Waals surface area contributed by atoms with E-state index in [2.05, 4.69) is 15.6 Å². The van der Waals surface area contributed by atoms with Crippen molar-refractivity contribution in [3.8, 4) is 0 Å². The molecule has 0 bridgehead atoms. The molecule has 0 radical (unpaired) electrons. The van der Waals surface area contributed by atoms with Gasteiger partial charge in [-0.05, 0) is 36.1 Å². The van der Waals surface area contributed by atoms with E-state index in [-0.39, 0.29) is 37.2 Å². The van der Waals surface area contributed by atoms with Crippen molar-refractivity contribution in [3.63, 3.8) is 0 Å². The van der Waals surface area contributed by atoms with Crippen LogP contribution in [0.4, 0.5) is 5.82 Å². The Morgan fingerprint density at radius 1 is 1.28 bits per heavy atom. The van der Waals surface area contributed by atoms with Gasteiger partial charge in [0.05, 0.1) is 11.4 Å². The Balaban J connectivity index is 1.72. The van der Waals surface area contributed by atoms with Gasteiger partial charge < -0.3 is 15.5 Å². The number of anilines is 1. The topological polar surface area (TPSA) is 91.4 Å². The predicted molar refractivity (Wildman–Crippen MR) is 96.5 cm³/mol. The maximum Gasteiger partial charge on any atom is 0.261 e. The van der Waals surface area contributed by atoms with Crippen molar-refractivity contribution in [2.45, 2.75) is 13.3 Å². The number of likely N-dealkylation sites (N-methyl/N-ethyl adjacent to an activating group) is 1. The third-order valence-electron chi connectivity index (χ3n) is 3.36. The molecule has 0 unspecified atom stereocenters. The smallest absolute Gasteiger partial charge is 0.261 e. The third kappa shape index (κ3) is 6.00. The summed E-state index contributed by atoms with van der Waals surface area (Å²) in [6.07, 6.45) is 1.74. The summed E-state index contributed by atoms with van der Waals surface area (Å²) in [5.74, 6) is -0.293. The van der Waals surface area contributed by atoms with Gasteiger partial charge in [0.15, 0.2) is 0 Å². The number of nitrogens with zero attached hydrogens (tertiary/aromatic N) is 2. The van der Waals surface area contributed by atoms with Crippen LogP contribution in [0.5, 0.6) is 0 Å². The van der Waals surface area contributed by atoms with Gasteiger partial charge in [0.2, 0.25) is 11.8 Å². The number of carbonyl (C=O) groups is 3. The second-order valence-corrected chi connectivity index (χ2v) is 6.45. The quantitative estimate of drug-likeness (QED) is 0.786. The number of pyridine rings is 1. The standard InChI is InChI=1S/C17H20N4O3S/c1-12-5-7-18-14(10-12)20-15(22)11-21(2)16(23)6-8-19-17(24)13-4-3-9-25-13/h3-5,7,9-10H,6,8,11H2,1-2H3,(H,19,24)(H,18,20,22). The molecule has 2 rings (SSSR count). The van der Waals surface area contributed by atoms with Gasteiger partial charge in [0.1, 0.15) is 5.82 Å². The predicted octanol–water partition coefficient (Wildman–Crippen LogP) is 1.67. The number of amides is 3. The summed E-state index contributed by atoms with van der Waals surface area (Å²) in [4.78, 5) is 41.7. The fraction of sp³-hybridized carbons (Fsp3) is 0.294. The monoisotopic (exact) mass is 360 g/mol. The molecule has 0 atom stereocenters. The van der Waals surface area contributed by atoms with Gasteiger partial charge in [0, 0.05) is 26.2 Å². The van der Waals surface area contributed by atoms with E-state index in [1.54, 1.807) is 31.4 Å². The highest BCUT2D eigenvalue weighted by Gasteiger charge is 2.14. The minimum absolute atomic E-state index is 0.0761. The first kappa shape index (κ1) is 18.6. The van der Waals surface area contributed by atoms with Gasteiger partial charge >= 0.3 is 0 Å². The highest BCUT2D eigenvalue weighted by Crippen LogP contribution is 2.08. The Morgan fingerprint density at radius 2 is 2.08 bits per heavy atom. The van der Waals surface area contributed by atoms with E-state index < -0.39 is 0 Å². The minimum Gasteiger partial charge on any atom is -0.351 e. The van der Waals surface area contributed by atoms with Gasteiger partial charge in [-0.2, -0.15) is 0 Å². The van der Waals surface area contributed by atoms with Crippen LogP contribution in [-0.4, -0.2) is 47.7 Å². The average Bonchev–Trinajstić information content (AvgIpc) is 3.09. The lowest BCUT2D eigenvalue weighted by atomic mass is 10.3. The van der Waals surface area contributed by atoms with Crippen LogP contribution in [0.3, 0.4) is 0 Å². The molecular formula is C17H20N4O3S. The zero-order valence-electron chi connectivity index (χ0n) is 14.1. The van der Waals surface area contributed by atoms with Crippen molar-refractivity contribution in [1.82, 2.24) is 15.2 Å². The Hall–Kier alpha value is -2.74. The van der Waals surface area contributed by atoms with Crippen LogP contribution in [0.2, 0.25) is 0 Å². The SMILES string of the molecule is Cc1ccnc(NC(=O)CN(C)C(=O)CCNC(=O)c2cccs2)c1. The molecule has 2 aromatic rings. The summed E-state index contributed by atoms with van der Waals surface area (Å²) in [6.45, 7) is 2.05. The largest absolute Gasteiger partial charge is 0.351 e. The van der Waals surface area contributed by atoms with E-state index in [4.69, 9.17) is 0 Å². The van der Waals surface area contributed by atoms with Crippen LogP contribution in [0.15, 0.2) is 35.8 Å². The molecule has 0 saturated heterocycles. The molecule has 0 aliphatic carbocycles. The van der Waals surface area contributed by atoms with E-state index in [9.17, 15) is 14.4 Å². The van der Waals surface area contributed by atoms with Crippen molar-refractivity contribution < 1.29 is 14.4 Å². The van der Waals surface area contributed by atoms with Crippen LogP contribution >= 0.6 is 11.3 Å². The van der Waals surface area contributed by atoms with Gasteiger partial charge in [-0.15, -0.1) is 11.3 Å². The first-order chi connectivity index (χ1) is 12.0. The van der Waals surface area contributed by atoms with Crippen LogP contribution in [0, 0.1) is 6.92 Å². The summed E-state index contributed by atoms with van der Waals surface area (Å²) in [6, 6.07) is 7.09. The number of rotatable bonds is 7. The normalized spacial score (nSPS) is 10.2. The van der Waals surface area contributed by atoms with Gasteiger partial charge in [-0.1, -0.05) is 6.07 Å². The first-order valence-electron chi connectivity index (χ1n) is 7.74. The molecule has 8 heteroatoms. The molecule has 0 aliphatic heterocycles. The Kier molecular flexibility index (Phi) is 6.64. The van der Waals surface area contributed by atoms with Gasteiger partial charge in [0.25, 0.3) is 5.91 Å². The van der Waals surface area contributed by atoms with E-state index in [0.29, 0.717) is 10.7 Å². The van der Waals surface area contributed by atoms with Crippen molar-refractivity contribution in [2.75, 3.05) is 25.5 Å². The number of aryl methyl sites for hydroxylation is 1. The van der Waals surface area contributed by atoms with E-state index in [1.807, 2.05) is 18.4 Å². The van der Waals surface area contributed by atoms with Crippen molar-refractivity contribution in [3.05, 3.63) is 46.3 Å². The summed E-state index contributed by atoms with van der Waals surface area (Å²) in [5, 5.41) is 7.15. The average molecular weight is 360 g/mol. The Labute approximate surface area is 150 Å². The van der Waals surface area contributed by atoms with Crippen LogP contribution in [-0.2, 0) is 9.59 Å². The molecule has 0 fully saturated rings. The molecule has 0 spiro atoms. The number of aromatic nitrogens is 1. The molecule has 3 amide bonds. The number of hydrogen-bond donors (Lipinski definition) is 2. The lowest BCUT2D eigenvalue weighted by molar-refractivity contribution is -0.133. The van der Waals surface area contributed by atoms with Crippen LogP contribution in [0.25, 0.3) is 0 Å². The van der Waals surface area contributed by atoms with Crippen molar-refractivity contribution in [1.29, 1.82) is 0 Å². The minimum atomic E-state index is -0.323. The third-order valence-corrected chi connectivity index (χ3v) is 4.23. The summed E-state index contributed by atoms with van der Waals surface area (Å²) in [5.41, 5.74) is 0.983. The highest BCUT2D eigenvalue weighted by atomic mass is 32.1. The molecular weight excluding hydrogens is 340 g/mol. The molecule has 0 aliphatic rings. The maximum atomic E-state index is 12.0. The molecule has 7 nitrogen and oxygen atoms in total. The number of nitrogens with one attached hydrogen (secondary N) is 2. The molecule has 2 heterocycles. The summed E-state index contributed by atoms with van der Waals surface area (Å²) >= 11 is 1.34. The molecule has 2 N–H and O–H groups in total. The van der Waals surface area contributed by atoms with E-state index in [1.165, 1.54) is 16.2 Å². The number of carbonyl (C=O) groups excluding carboxylic acids is 3. The van der Waals surface area contributed by atoms with Crippen LogP contribution in [0.1, 0.15) is 21.7 Å². The zero-order chi connectivity index (χ0) is 18.2. The first-order valence-corrected chi connectivity index (χ1v) is 8.62. The number of hydrogen-bond acceptors (Lipinski definition) is 5.